The number of nitrogens with zero attached hydrogens (tertiary/aromatic N) is 3. The zero-order valence-electron chi connectivity index (χ0n) is 17.3. The van der Waals surface area contributed by atoms with Crippen LogP contribution in [-0.4, -0.2) is 63.3 Å². The molecule has 12 nitrogen and oxygen atoms in total. The summed E-state index contributed by atoms with van der Waals surface area (Å²) in [5, 5.41) is 8.83. The first-order valence-electron chi connectivity index (χ1n) is 9.80. The molecule has 0 saturated heterocycles. The van der Waals surface area contributed by atoms with Crippen LogP contribution in [-0.2, 0) is 30.3 Å². The maximum Gasteiger partial charge on any atom is 0.237 e. The molecule has 0 radical (unpaired) electrons. The standard InChI is InChI=1S/C19H29N7O5/c20-16(5-6-17(21)27)19(29)24-8-10-31-12-11-30-9-7-23-18(28)13-14-1-3-15(4-2-14)25-26-22/h1-4,16H,5-13,20H2,(H2,21,27)(H,23,28)(H,24,29). The minimum atomic E-state index is -0.775. The Hall–Kier alpha value is -3.18. The molecule has 1 aromatic rings. The molecule has 3 amide bonds. The van der Waals surface area contributed by atoms with Crippen molar-refractivity contribution in [3.8, 4) is 0 Å². The SMILES string of the molecule is [N-]=[N+]=Nc1ccc(CC(=O)NCCOCCOCCNC(=O)C(N)CCC(N)=O)cc1. The summed E-state index contributed by atoms with van der Waals surface area (Å²) in [6.07, 6.45) is 0.489. The van der Waals surface area contributed by atoms with E-state index in [0.717, 1.165) is 5.56 Å². The van der Waals surface area contributed by atoms with E-state index in [1.54, 1.807) is 24.3 Å². The van der Waals surface area contributed by atoms with E-state index in [4.69, 9.17) is 26.5 Å². The summed E-state index contributed by atoms with van der Waals surface area (Å²) in [5.74, 6) is -0.992. The highest BCUT2D eigenvalue weighted by Crippen LogP contribution is 2.13. The lowest BCUT2D eigenvalue weighted by Crippen LogP contribution is -2.42. The second-order valence-corrected chi connectivity index (χ2v) is 6.51. The van der Waals surface area contributed by atoms with Crippen LogP contribution >= 0.6 is 0 Å². The molecular weight excluding hydrogens is 406 g/mol. The molecule has 31 heavy (non-hydrogen) atoms. The fourth-order valence-corrected chi connectivity index (χ4v) is 2.37. The number of hydrogen-bond acceptors (Lipinski definition) is 7. The lowest BCUT2D eigenvalue weighted by atomic mass is 10.1. The van der Waals surface area contributed by atoms with Crippen molar-refractivity contribution in [2.45, 2.75) is 25.3 Å². The predicted molar refractivity (Wildman–Crippen MR) is 113 cm³/mol. The highest BCUT2D eigenvalue weighted by molar-refractivity contribution is 5.82. The smallest absolute Gasteiger partial charge is 0.237 e. The summed E-state index contributed by atoms with van der Waals surface area (Å²) >= 11 is 0. The van der Waals surface area contributed by atoms with E-state index in [1.165, 1.54) is 0 Å². The van der Waals surface area contributed by atoms with Crippen molar-refractivity contribution in [2.24, 2.45) is 16.6 Å². The third-order valence-corrected chi connectivity index (χ3v) is 3.99. The average molecular weight is 435 g/mol. The molecular formula is C19H29N7O5. The molecule has 0 heterocycles. The molecule has 0 aliphatic rings. The molecule has 1 atom stereocenters. The Morgan fingerprint density at radius 2 is 1.65 bits per heavy atom. The van der Waals surface area contributed by atoms with E-state index in [0.29, 0.717) is 45.2 Å². The van der Waals surface area contributed by atoms with Crippen molar-refractivity contribution in [1.29, 1.82) is 0 Å². The molecule has 1 aromatic carbocycles. The van der Waals surface area contributed by atoms with E-state index >= 15 is 0 Å². The molecule has 0 saturated carbocycles. The van der Waals surface area contributed by atoms with Gasteiger partial charge < -0.3 is 31.6 Å². The molecule has 0 aliphatic carbocycles. The van der Waals surface area contributed by atoms with Gasteiger partial charge in [0, 0.05) is 30.1 Å². The monoisotopic (exact) mass is 435 g/mol. The third kappa shape index (κ3) is 12.9. The fourth-order valence-electron chi connectivity index (χ4n) is 2.37. The quantitative estimate of drug-likeness (QED) is 0.122. The number of ether oxygens (including phenoxy) is 2. The molecule has 0 aromatic heterocycles. The number of primary amides is 1. The van der Waals surface area contributed by atoms with Crippen LogP contribution in [0.3, 0.4) is 0 Å². The Balaban J connectivity index is 1.98. The van der Waals surface area contributed by atoms with Crippen LogP contribution in [0.1, 0.15) is 18.4 Å². The third-order valence-electron chi connectivity index (χ3n) is 3.99. The zero-order chi connectivity index (χ0) is 22.9. The van der Waals surface area contributed by atoms with E-state index in [-0.39, 0.29) is 31.1 Å². The second-order valence-electron chi connectivity index (χ2n) is 6.51. The number of amides is 3. The number of carbonyl (C=O) groups is 3. The molecule has 1 unspecified atom stereocenters. The molecule has 0 bridgehead atoms. The number of hydrogen-bond donors (Lipinski definition) is 4. The normalized spacial score (nSPS) is 11.3. The van der Waals surface area contributed by atoms with Crippen molar-refractivity contribution in [2.75, 3.05) is 39.5 Å². The molecule has 1 rings (SSSR count). The van der Waals surface area contributed by atoms with E-state index in [2.05, 4.69) is 20.7 Å². The maximum absolute atomic E-state index is 11.9. The molecule has 12 heteroatoms. The summed E-state index contributed by atoms with van der Waals surface area (Å²) in [6.45, 7) is 2.00. The van der Waals surface area contributed by atoms with Gasteiger partial charge in [-0.15, -0.1) is 0 Å². The predicted octanol–water partition coefficient (Wildman–Crippen LogP) is 0.0293. The van der Waals surface area contributed by atoms with Gasteiger partial charge in [0.1, 0.15) is 0 Å². The Morgan fingerprint density at radius 1 is 1.03 bits per heavy atom. The number of carbonyl (C=O) groups excluding carboxylic acids is 3. The molecule has 170 valence electrons. The van der Waals surface area contributed by atoms with Crippen molar-refractivity contribution in [3.63, 3.8) is 0 Å². The second kappa shape index (κ2) is 15.6. The maximum atomic E-state index is 11.9. The van der Waals surface area contributed by atoms with Gasteiger partial charge in [-0.3, -0.25) is 14.4 Å². The number of rotatable bonds is 16. The van der Waals surface area contributed by atoms with Gasteiger partial charge in [-0.1, -0.05) is 29.4 Å². The number of azide groups is 1. The van der Waals surface area contributed by atoms with Crippen LogP contribution < -0.4 is 22.1 Å². The summed E-state index contributed by atoms with van der Waals surface area (Å²) in [7, 11) is 0. The Morgan fingerprint density at radius 3 is 2.23 bits per heavy atom. The zero-order valence-corrected chi connectivity index (χ0v) is 17.3. The lowest BCUT2D eigenvalue weighted by Gasteiger charge is -2.11. The number of nitrogens with two attached hydrogens (primary N) is 2. The van der Waals surface area contributed by atoms with Crippen LogP contribution in [0.2, 0.25) is 0 Å². The van der Waals surface area contributed by atoms with Gasteiger partial charge in [-0.05, 0) is 17.5 Å². The minimum Gasteiger partial charge on any atom is -0.377 e. The first kappa shape index (κ1) is 25.9. The Labute approximate surface area is 180 Å². The van der Waals surface area contributed by atoms with Crippen molar-refractivity contribution < 1.29 is 23.9 Å². The molecule has 0 fully saturated rings. The Bertz CT molecular complexity index is 751. The first-order valence-corrected chi connectivity index (χ1v) is 9.80. The van der Waals surface area contributed by atoms with Crippen LogP contribution in [0.4, 0.5) is 5.69 Å². The molecule has 6 N–H and O–H groups in total. The highest BCUT2D eigenvalue weighted by Gasteiger charge is 2.13. The number of benzene rings is 1. The van der Waals surface area contributed by atoms with Gasteiger partial charge >= 0.3 is 0 Å². The molecule has 0 spiro atoms. The average Bonchev–Trinajstić information content (AvgIpc) is 2.74. The first-order chi connectivity index (χ1) is 14.9. The summed E-state index contributed by atoms with van der Waals surface area (Å²) < 4.78 is 10.7. The van der Waals surface area contributed by atoms with Gasteiger partial charge in [0.15, 0.2) is 0 Å². The summed E-state index contributed by atoms with van der Waals surface area (Å²) in [6, 6.07) is 5.98. The van der Waals surface area contributed by atoms with Crippen LogP contribution in [0.15, 0.2) is 29.4 Å². The van der Waals surface area contributed by atoms with Crippen LogP contribution in [0, 0.1) is 0 Å². The van der Waals surface area contributed by atoms with Crippen molar-refractivity contribution in [1.82, 2.24) is 10.6 Å². The largest absolute Gasteiger partial charge is 0.377 e. The Kier molecular flexibility index (Phi) is 13.0. The van der Waals surface area contributed by atoms with Gasteiger partial charge in [-0.2, -0.15) is 0 Å². The number of nitrogens with one attached hydrogen (secondary N) is 2. The van der Waals surface area contributed by atoms with Gasteiger partial charge in [0.2, 0.25) is 17.7 Å². The van der Waals surface area contributed by atoms with Crippen molar-refractivity contribution in [3.05, 3.63) is 40.3 Å². The van der Waals surface area contributed by atoms with Crippen molar-refractivity contribution >= 4 is 23.4 Å². The van der Waals surface area contributed by atoms with E-state index < -0.39 is 11.9 Å². The van der Waals surface area contributed by atoms with Gasteiger partial charge in [0.05, 0.1) is 38.9 Å². The van der Waals surface area contributed by atoms with Crippen LogP contribution in [0.25, 0.3) is 10.4 Å². The summed E-state index contributed by atoms with van der Waals surface area (Å²) in [5.41, 5.74) is 20.3. The fraction of sp³-hybridized carbons (Fsp3) is 0.526. The van der Waals surface area contributed by atoms with Crippen LogP contribution in [0.5, 0.6) is 0 Å². The van der Waals surface area contributed by atoms with E-state index in [1.807, 2.05) is 0 Å². The topological polar surface area (TPSA) is 195 Å². The minimum absolute atomic E-state index is 0.0643. The highest BCUT2D eigenvalue weighted by atomic mass is 16.5. The lowest BCUT2D eigenvalue weighted by molar-refractivity contribution is -0.123. The van der Waals surface area contributed by atoms with E-state index in [9.17, 15) is 14.4 Å². The summed E-state index contributed by atoms with van der Waals surface area (Å²) in [4.78, 5) is 36.9. The van der Waals surface area contributed by atoms with Gasteiger partial charge in [-0.25, -0.2) is 0 Å². The molecule has 0 aliphatic heterocycles. The van der Waals surface area contributed by atoms with Gasteiger partial charge in [0.25, 0.3) is 0 Å².